The zero-order valence-electron chi connectivity index (χ0n) is 15.8. The molecule has 3 aromatic rings. The van der Waals surface area contributed by atoms with E-state index in [1.165, 1.54) is 13.3 Å². The quantitative estimate of drug-likeness (QED) is 0.650. The number of pyridine rings is 1. The van der Waals surface area contributed by atoms with Gasteiger partial charge in [-0.05, 0) is 17.7 Å². The van der Waals surface area contributed by atoms with Gasteiger partial charge < -0.3 is 16.0 Å². The Balaban J connectivity index is 1.46. The van der Waals surface area contributed by atoms with Gasteiger partial charge in [-0.25, -0.2) is 9.50 Å². The predicted molar refractivity (Wildman–Crippen MR) is 105 cm³/mol. The zero-order valence-corrected chi connectivity index (χ0v) is 15.8. The van der Waals surface area contributed by atoms with E-state index in [0.29, 0.717) is 30.7 Å². The number of rotatable bonds is 5. The maximum absolute atomic E-state index is 12.4. The molecule has 1 aliphatic heterocycles. The van der Waals surface area contributed by atoms with E-state index in [2.05, 4.69) is 15.4 Å². The minimum atomic E-state index is -0.560. The first-order chi connectivity index (χ1) is 13.9. The molecule has 9 nitrogen and oxygen atoms in total. The molecule has 148 valence electrons. The van der Waals surface area contributed by atoms with Crippen LogP contribution in [-0.2, 0) is 16.0 Å². The molecule has 4 rings (SSSR count). The molecule has 3 heterocycles. The van der Waals surface area contributed by atoms with Gasteiger partial charge in [-0.1, -0.05) is 24.3 Å². The molecule has 9 heteroatoms. The molecule has 1 aromatic carbocycles. The van der Waals surface area contributed by atoms with Crippen molar-refractivity contribution in [1.82, 2.24) is 24.8 Å². The van der Waals surface area contributed by atoms with Crippen molar-refractivity contribution in [2.24, 2.45) is 5.73 Å². The van der Waals surface area contributed by atoms with Gasteiger partial charge in [0.25, 0.3) is 5.91 Å². The van der Waals surface area contributed by atoms with Crippen LogP contribution in [0.2, 0.25) is 0 Å². The molecule has 1 fully saturated rings. The molecular weight excluding hydrogens is 372 g/mol. The van der Waals surface area contributed by atoms with Crippen LogP contribution in [0.5, 0.6) is 0 Å². The lowest BCUT2D eigenvalue weighted by atomic mass is 10.0. The van der Waals surface area contributed by atoms with Crippen LogP contribution in [0.25, 0.3) is 16.9 Å². The van der Waals surface area contributed by atoms with E-state index < -0.39 is 5.91 Å². The third-order valence-electron chi connectivity index (χ3n) is 4.94. The highest BCUT2D eigenvalue weighted by atomic mass is 16.2. The molecule has 3 N–H and O–H groups in total. The largest absolute Gasteiger partial charge is 0.365 e. The van der Waals surface area contributed by atoms with Crippen molar-refractivity contribution in [3.8, 4) is 11.3 Å². The summed E-state index contributed by atoms with van der Waals surface area (Å²) in [7, 11) is 0. The van der Waals surface area contributed by atoms with E-state index in [1.807, 2.05) is 24.3 Å². The van der Waals surface area contributed by atoms with Crippen LogP contribution in [0.4, 0.5) is 0 Å². The van der Waals surface area contributed by atoms with Gasteiger partial charge in [0.15, 0.2) is 5.65 Å². The number of carbonyl (C=O) groups is 3. The number of nitrogens with zero attached hydrogens (tertiary/aromatic N) is 4. The molecule has 0 saturated carbocycles. The average molecular weight is 392 g/mol. The van der Waals surface area contributed by atoms with Crippen molar-refractivity contribution in [1.29, 1.82) is 0 Å². The number of nitrogens with one attached hydrogen (secondary N) is 1. The van der Waals surface area contributed by atoms with Crippen LogP contribution in [0.1, 0.15) is 22.8 Å². The lowest BCUT2D eigenvalue weighted by Gasteiger charge is -2.39. The second-order valence-electron chi connectivity index (χ2n) is 7.06. The Morgan fingerprint density at radius 1 is 1.14 bits per heavy atom. The molecule has 0 radical (unpaired) electrons. The first-order valence-electron chi connectivity index (χ1n) is 9.19. The van der Waals surface area contributed by atoms with Gasteiger partial charge in [-0.3, -0.25) is 14.4 Å². The number of aromatic nitrogens is 3. The van der Waals surface area contributed by atoms with E-state index in [-0.39, 0.29) is 17.9 Å². The smallest absolute Gasteiger partial charge is 0.252 e. The van der Waals surface area contributed by atoms with Crippen molar-refractivity contribution < 1.29 is 14.4 Å². The van der Waals surface area contributed by atoms with Crippen LogP contribution >= 0.6 is 0 Å². The fourth-order valence-corrected chi connectivity index (χ4v) is 3.46. The highest BCUT2D eigenvalue weighted by Crippen LogP contribution is 2.23. The average Bonchev–Trinajstić information content (AvgIpc) is 3.13. The van der Waals surface area contributed by atoms with Crippen LogP contribution in [0.3, 0.4) is 0 Å². The standard InChI is InChI=1S/C20H20N6O3/c1-12(27)24-15-9-25(10-15)18(28)8-13-2-4-14(5-3-13)17-7-6-16(19(21)29)20-22-11-23-26(17)20/h2-7,11,15H,8-10H2,1H3,(H2,21,29)(H,24,27). The predicted octanol–water partition coefficient (Wildman–Crippen LogP) is 0.385. The van der Waals surface area contributed by atoms with Crippen molar-refractivity contribution in [3.05, 3.63) is 53.9 Å². The normalized spacial score (nSPS) is 13.9. The van der Waals surface area contributed by atoms with Gasteiger partial charge in [-0.15, -0.1) is 0 Å². The summed E-state index contributed by atoms with van der Waals surface area (Å²) in [5.74, 6) is -0.609. The molecule has 0 spiro atoms. The van der Waals surface area contributed by atoms with E-state index in [9.17, 15) is 14.4 Å². The minimum absolute atomic E-state index is 0.0313. The molecule has 3 amide bonds. The van der Waals surface area contributed by atoms with Crippen molar-refractivity contribution in [2.45, 2.75) is 19.4 Å². The van der Waals surface area contributed by atoms with Crippen molar-refractivity contribution in [2.75, 3.05) is 13.1 Å². The summed E-state index contributed by atoms with van der Waals surface area (Å²) in [5, 5.41) is 6.99. The summed E-state index contributed by atoms with van der Waals surface area (Å²) in [6.07, 6.45) is 1.67. The van der Waals surface area contributed by atoms with Gasteiger partial charge >= 0.3 is 0 Å². The zero-order chi connectivity index (χ0) is 20.5. The van der Waals surface area contributed by atoms with Gasteiger partial charge in [-0.2, -0.15) is 5.10 Å². The molecule has 2 aromatic heterocycles. The SMILES string of the molecule is CC(=O)NC1CN(C(=O)Cc2ccc(-c3ccc(C(N)=O)c4ncnn34)cc2)C1. The van der Waals surface area contributed by atoms with Gasteiger partial charge in [0.1, 0.15) is 6.33 Å². The molecule has 1 saturated heterocycles. The molecule has 0 aliphatic carbocycles. The van der Waals surface area contributed by atoms with E-state index >= 15 is 0 Å². The topological polar surface area (TPSA) is 123 Å². The monoisotopic (exact) mass is 392 g/mol. The van der Waals surface area contributed by atoms with E-state index in [1.54, 1.807) is 21.5 Å². The number of likely N-dealkylation sites (tertiary alicyclic amines) is 1. The van der Waals surface area contributed by atoms with E-state index in [0.717, 1.165) is 16.8 Å². The number of hydrogen-bond donors (Lipinski definition) is 2. The number of carbonyl (C=O) groups excluding carboxylic acids is 3. The number of benzene rings is 1. The summed E-state index contributed by atoms with van der Waals surface area (Å²) in [4.78, 5) is 40.8. The van der Waals surface area contributed by atoms with Gasteiger partial charge in [0, 0.05) is 25.6 Å². The minimum Gasteiger partial charge on any atom is -0.365 e. The fourth-order valence-electron chi connectivity index (χ4n) is 3.46. The second kappa shape index (κ2) is 7.34. The summed E-state index contributed by atoms with van der Waals surface area (Å²) in [6, 6.07) is 11.0. The lowest BCUT2D eigenvalue weighted by molar-refractivity contribution is -0.137. The maximum atomic E-state index is 12.4. The number of hydrogen-bond acceptors (Lipinski definition) is 5. The Morgan fingerprint density at radius 3 is 2.52 bits per heavy atom. The maximum Gasteiger partial charge on any atom is 0.252 e. The highest BCUT2D eigenvalue weighted by molar-refractivity contribution is 5.99. The third kappa shape index (κ3) is 3.66. The second-order valence-corrected chi connectivity index (χ2v) is 7.06. The summed E-state index contributed by atoms with van der Waals surface area (Å²) in [6.45, 7) is 2.57. The summed E-state index contributed by atoms with van der Waals surface area (Å²) < 4.78 is 1.57. The van der Waals surface area contributed by atoms with Crippen LogP contribution in [0.15, 0.2) is 42.7 Å². The first kappa shape index (κ1) is 18.6. The van der Waals surface area contributed by atoms with Crippen LogP contribution in [0, 0.1) is 0 Å². The van der Waals surface area contributed by atoms with Gasteiger partial charge in [0.2, 0.25) is 11.8 Å². The third-order valence-corrected chi connectivity index (χ3v) is 4.94. The Kier molecular flexibility index (Phi) is 4.71. The Labute approximate surface area is 166 Å². The number of amides is 3. The summed E-state index contributed by atoms with van der Waals surface area (Å²) in [5.41, 5.74) is 8.64. The Bertz CT molecular complexity index is 1100. The Morgan fingerprint density at radius 2 is 1.86 bits per heavy atom. The fraction of sp³-hybridized carbons (Fsp3) is 0.250. The summed E-state index contributed by atoms with van der Waals surface area (Å²) >= 11 is 0. The number of fused-ring (bicyclic) bond motifs is 1. The molecule has 0 unspecified atom stereocenters. The highest BCUT2D eigenvalue weighted by Gasteiger charge is 2.30. The van der Waals surface area contributed by atoms with Gasteiger partial charge in [0.05, 0.1) is 23.7 Å². The van der Waals surface area contributed by atoms with Crippen LogP contribution in [-0.4, -0.2) is 56.4 Å². The first-order valence-corrected chi connectivity index (χ1v) is 9.19. The lowest BCUT2D eigenvalue weighted by Crippen LogP contribution is -2.60. The number of nitrogens with two attached hydrogens (primary N) is 1. The molecule has 0 bridgehead atoms. The molecule has 0 atom stereocenters. The van der Waals surface area contributed by atoms with Crippen molar-refractivity contribution in [3.63, 3.8) is 0 Å². The van der Waals surface area contributed by atoms with Crippen molar-refractivity contribution >= 4 is 23.4 Å². The Hall–Kier alpha value is -3.75. The van der Waals surface area contributed by atoms with Crippen LogP contribution < -0.4 is 11.1 Å². The van der Waals surface area contributed by atoms with E-state index in [4.69, 9.17) is 5.73 Å². The number of primary amides is 1. The molecule has 29 heavy (non-hydrogen) atoms. The molecular formula is C20H20N6O3. The molecule has 1 aliphatic rings.